The van der Waals surface area contributed by atoms with Gasteiger partial charge in [-0.15, -0.1) is 9.78 Å². The molecule has 0 aliphatic rings. The van der Waals surface area contributed by atoms with Crippen molar-refractivity contribution >= 4 is 17.5 Å². The number of rotatable bonds is 11. The van der Waals surface area contributed by atoms with Gasteiger partial charge in [-0.05, 0) is 60.0 Å². The summed E-state index contributed by atoms with van der Waals surface area (Å²) in [6.45, 7) is 3.68. The lowest BCUT2D eigenvalue weighted by molar-refractivity contribution is -0.141. The van der Waals surface area contributed by atoms with Crippen LogP contribution in [0.15, 0.2) is 65.7 Å². The van der Waals surface area contributed by atoms with E-state index >= 15 is 0 Å². The standard InChI is InChI=1S/C26H28N8O4/c1-3-17-13-19(15-21(14-17)38-12-11-37-16(2)35)22(31-20-7-5-18(6-8-20)23(27)28)24-32-26(36)34(33-24)25-29-9-4-10-30-25/h4-10,13-15,22,31H,3,11-12H2,1-2H3,(H3,27,28)(H,32,33,36)/t22-/m0/s1. The molecule has 0 aliphatic carbocycles. The average molecular weight is 517 g/mol. The zero-order chi connectivity index (χ0) is 27.1. The Bertz CT molecular complexity index is 1460. The van der Waals surface area contributed by atoms with E-state index in [-0.39, 0.29) is 31.0 Å². The molecular weight excluding hydrogens is 488 g/mol. The number of benzene rings is 2. The molecular formula is C26H28N8O4. The highest BCUT2D eigenvalue weighted by Gasteiger charge is 2.22. The van der Waals surface area contributed by atoms with E-state index in [1.807, 2.05) is 25.1 Å². The van der Waals surface area contributed by atoms with Crippen LogP contribution in [-0.4, -0.2) is 49.8 Å². The van der Waals surface area contributed by atoms with Gasteiger partial charge in [0.05, 0.1) is 0 Å². The summed E-state index contributed by atoms with van der Waals surface area (Å²) in [5.41, 5.74) is 8.17. The number of nitrogens with two attached hydrogens (primary N) is 1. The molecule has 1 atom stereocenters. The number of H-pyrrole nitrogens is 1. The molecule has 0 spiro atoms. The molecule has 0 fully saturated rings. The lowest BCUT2D eigenvalue weighted by Gasteiger charge is -2.20. The van der Waals surface area contributed by atoms with Gasteiger partial charge in [0.25, 0.3) is 5.95 Å². The monoisotopic (exact) mass is 516 g/mol. The fourth-order valence-corrected chi connectivity index (χ4v) is 3.71. The minimum absolute atomic E-state index is 0.0368. The first-order chi connectivity index (χ1) is 18.3. The Morgan fingerprint density at radius 2 is 1.89 bits per heavy atom. The fourth-order valence-electron chi connectivity index (χ4n) is 3.71. The van der Waals surface area contributed by atoms with Crippen LogP contribution in [-0.2, 0) is 16.0 Å². The van der Waals surface area contributed by atoms with Gasteiger partial charge >= 0.3 is 11.7 Å². The SMILES string of the molecule is CCc1cc(OCCOC(C)=O)cc([C@H](Nc2ccc(C(=N)N)cc2)c2nn(-c3ncccn3)c(=O)[nH]2)c1. The highest BCUT2D eigenvalue weighted by Crippen LogP contribution is 2.29. The number of hydrogen-bond acceptors (Lipinski definition) is 9. The Labute approximate surface area is 218 Å². The number of aromatic nitrogens is 5. The Morgan fingerprint density at radius 3 is 2.55 bits per heavy atom. The predicted octanol–water partition coefficient (Wildman–Crippen LogP) is 2.34. The second-order valence-electron chi connectivity index (χ2n) is 8.30. The number of esters is 1. The second kappa shape index (κ2) is 11.8. The molecule has 2 aromatic heterocycles. The number of aryl methyl sites for hydroxylation is 1. The summed E-state index contributed by atoms with van der Waals surface area (Å²) in [5.74, 6) is 0.640. The molecule has 0 bridgehead atoms. The Balaban J connectivity index is 1.73. The van der Waals surface area contributed by atoms with Crippen molar-refractivity contribution < 1.29 is 14.3 Å². The topological polar surface area (TPSA) is 174 Å². The van der Waals surface area contributed by atoms with Crippen molar-refractivity contribution in [3.8, 4) is 11.7 Å². The number of nitrogens with zero attached hydrogens (tertiary/aromatic N) is 4. The van der Waals surface area contributed by atoms with Crippen LogP contribution in [0.2, 0.25) is 0 Å². The van der Waals surface area contributed by atoms with E-state index in [1.54, 1.807) is 30.3 Å². The summed E-state index contributed by atoms with van der Waals surface area (Å²) < 4.78 is 11.9. The predicted molar refractivity (Wildman–Crippen MR) is 141 cm³/mol. The van der Waals surface area contributed by atoms with Gasteiger partial charge in [-0.2, -0.15) is 0 Å². The zero-order valence-electron chi connectivity index (χ0n) is 21.0. The molecule has 196 valence electrons. The van der Waals surface area contributed by atoms with Crippen LogP contribution in [0.5, 0.6) is 5.75 Å². The molecule has 0 unspecified atom stereocenters. The number of nitrogen functional groups attached to an aromatic ring is 1. The smallest absolute Gasteiger partial charge is 0.350 e. The molecule has 12 nitrogen and oxygen atoms in total. The fraction of sp³-hybridized carbons (Fsp3) is 0.231. The quantitative estimate of drug-likeness (QED) is 0.101. The van der Waals surface area contributed by atoms with Crippen LogP contribution < -0.4 is 21.5 Å². The van der Waals surface area contributed by atoms with E-state index in [0.29, 0.717) is 22.8 Å². The van der Waals surface area contributed by atoms with E-state index in [9.17, 15) is 9.59 Å². The largest absolute Gasteiger partial charge is 0.490 e. The van der Waals surface area contributed by atoms with Crippen molar-refractivity contribution in [2.75, 3.05) is 18.5 Å². The van der Waals surface area contributed by atoms with Gasteiger partial charge in [0, 0.05) is 30.6 Å². The molecule has 2 aromatic carbocycles. The highest BCUT2D eigenvalue weighted by atomic mass is 16.6. The number of hydrogen-bond donors (Lipinski definition) is 4. The second-order valence-corrected chi connectivity index (χ2v) is 8.30. The highest BCUT2D eigenvalue weighted by molar-refractivity contribution is 5.95. The third-order valence-electron chi connectivity index (χ3n) is 5.54. The van der Waals surface area contributed by atoms with Gasteiger partial charge in [-0.25, -0.2) is 14.8 Å². The van der Waals surface area contributed by atoms with E-state index in [4.69, 9.17) is 20.6 Å². The molecule has 4 rings (SSSR count). The van der Waals surface area contributed by atoms with Gasteiger partial charge in [0.1, 0.15) is 30.8 Å². The van der Waals surface area contributed by atoms with Gasteiger partial charge in [-0.1, -0.05) is 13.0 Å². The summed E-state index contributed by atoms with van der Waals surface area (Å²) in [4.78, 5) is 34.9. The Kier molecular flexibility index (Phi) is 8.11. The number of carbonyl (C=O) groups is 1. The first-order valence-electron chi connectivity index (χ1n) is 11.9. The zero-order valence-corrected chi connectivity index (χ0v) is 21.0. The average Bonchev–Trinajstić information content (AvgIpc) is 3.31. The van der Waals surface area contributed by atoms with Crippen molar-refractivity contribution in [1.82, 2.24) is 24.7 Å². The van der Waals surface area contributed by atoms with Crippen LogP contribution in [0, 0.1) is 5.41 Å². The van der Waals surface area contributed by atoms with Crippen molar-refractivity contribution in [2.24, 2.45) is 5.73 Å². The number of carbonyl (C=O) groups excluding carboxylic acids is 1. The molecule has 0 aliphatic heterocycles. The first kappa shape index (κ1) is 26.1. The normalized spacial score (nSPS) is 11.5. The summed E-state index contributed by atoms with van der Waals surface area (Å²) in [6.07, 6.45) is 3.79. The van der Waals surface area contributed by atoms with E-state index < -0.39 is 11.7 Å². The molecule has 2 heterocycles. The molecule has 38 heavy (non-hydrogen) atoms. The molecule has 0 saturated carbocycles. The van der Waals surface area contributed by atoms with E-state index in [2.05, 4.69) is 25.4 Å². The molecule has 0 radical (unpaired) electrons. The van der Waals surface area contributed by atoms with Crippen LogP contribution in [0.3, 0.4) is 0 Å². The number of amidine groups is 1. The summed E-state index contributed by atoms with van der Waals surface area (Å²) in [7, 11) is 0. The number of ether oxygens (including phenoxy) is 2. The molecule has 0 saturated heterocycles. The van der Waals surface area contributed by atoms with Gasteiger partial charge in [0.2, 0.25) is 0 Å². The number of nitrogens with one attached hydrogen (secondary N) is 3. The lowest BCUT2D eigenvalue weighted by atomic mass is 10.0. The van der Waals surface area contributed by atoms with Crippen LogP contribution >= 0.6 is 0 Å². The van der Waals surface area contributed by atoms with Crippen molar-refractivity contribution in [1.29, 1.82) is 5.41 Å². The minimum Gasteiger partial charge on any atom is -0.490 e. The van der Waals surface area contributed by atoms with E-state index in [0.717, 1.165) is 22.2 Å². The lowest BCUT2D eigenvalue weighted by Crippen LogP contribution is -2.18. The Morgan fingerprint density at radius 1 is 1.16 bits per heavy atom. The molecule has 5 N–H and O–H groups in total. The maximum atomic E-state index is 12.8. The summed E-state index contributed by atoms with van der Waals surface area (Å²) in [6, 6.07) is 13.8. The van der Waals surface area contributed by atoms with Gasteiger partial charge in [0.15, 0.2) is 5.82 Å². The van der Waals surface area contributed by atoms with Gasteiger partial charge in [-0.3, -0.25) is 15.2 Å². The van der Waals surface area contributed by atoms with Gasteiger partial charge < -0.3 is 20.5 Å². The third-order valence-corrected chi connectivity index (χ3v) is 5.54. The summed E-state index contributed by atoms with van der Waals surface area (Å²) >= 11 is 0. The summed E-state index contributed by atoms with van der Waals surface area (Å²) in [5, 5.41) is 15.5. The number of aromatic amines is 1. The molecule has 12 heteroatoms. The van der Waals surface area contributed by atoms with Crippen molar-refractivity contribution in [3.05, 3.63) is 93.9 Å². The maximum absolute atomic E-state index is 12.8. The molecule has 0 amide bonds. The van der Waals surface area contributed by atoms with Crippen LogP contribution in [0.25, 0.3) is 5.95 Å². The number of anilines is 1. The maximum Gasteiger partial charge on any atom is 0.350 e. The van der Waals surface area contributed by atoms with Crippen molar-refractivity contribution in [2.45, 2.75) is 26.3 Å². The minimum atomic E-state index is -0.599. The van der Waals surface area contributed by atoms with E-state index in [1.165, 1.54) is 19.3 Å². The molecule has 4 aromatic rings. The van der Waals surface area contributed by atoms with Crippen LogP contribution in [0.4, 0.5) is 5.69 Å². The third kappa shape index (κ3) is 6.40. The van der Waals surface area contributed by atoms with Crippen molar-refractivity contribution in [3.63, 3.8) is 0 Å². The Hall–Kier alpha value is -5.00. The van der Waals surface area contributed by atoms with Crippen LogP contribution in [0.1, 0.15) is 42.4 Å². The first-order valence-corrected chi connectivity index (χ1v) is 11.9.